The lowest BCUT2D eigenvalue weighted by atomic mass is 9.78. The quantitative estimate of drug-likeness (QED) is 0.232. The first-order valence-electron chi connectivity index (χ1n) is 14.3. The molecule has 0 amide bonds. The minimum atomic E-state index is 0.796. The van der Waals surface area contributed by atoms with E-state index in [0.29, 0.717) is 0 Å². The van der Waals surface area contributed by atoms with Crippen LogP contribution in [0.4, 0.5) is 0 Å². The highest BCUT2D eigenvalue weighted by molar-refractivity contribution is 5.55. The summed E-state index contributed by atoms with van der Waals surface area (Å²) in [6.45, 7) is 5.37. The molecule has 2 aromatic rings. The van der Waals surface area contributed by atoms with Crippen LogP contribution in [0.25, 0.3) is 11.4 Å². The molecule has 0 saturated heterocycles. The number of hydrogen-bond donors (Lipinski definition) is 0. The molecule has 1 aromatic heterocycles. The van der Waals surface area contributed by atoms with Gasteiger partial charge in [-0.25, -0.2) is 9.97 Å². The maximum Gasteiger partial charge on any atom is 0.159 e. The predicted molar refractivity (Wildman–Crippen MR) is 144 cm³/mol. The first-order chi connectivity index (χ1) is 16.8. The van der Waals surface area contributed by atoms with Gasteiger partial charge in [-0.2, -0.15) is 0 Å². The summed E-state index contributed by atoms with van der Waals surface area (Å²) in [5.74, 6) is 3.68. The Kier molecular flexibility index (Phi) is 12.5. The van der Waals surface area contributed by atoms with E-state index in [2.05, 4.69) is 48.1 Å². The van der Waals surface area contributed by atoms with Gasteiger partial charge in [-0.1, -0.05) is 90.9 Å². The SMILES string of the molecule is CCCCCCc1cnc(-c2ccc(OCCCC3CCC(CCCCCC)CC3)cc2)nc1. The molecule has 1 aliphatic rings. The molecule has 3 rings (SSSR count). The van der Waals surface area contributed by atoms with Crippen molar-refractivity contribution < 1.29 is 4.74 Å². The second-order valence-electron chi connectivity index (χ2n) is 10.5. The maximum absolute atomic E-state index is 6.03. The van der Waals surface area contributed by atoms with Crippen molar-refractivity contribution in [3.05, 3.63) is 42.2 Å². The first-order valence-corrected chi connectivity index (χ1v) is 14.3. The van der Waals surface area contributed by atoms with Crippen LogP contribution >= 0.6 is 0 Å². The van der Waals surface area contributed by atoms with Crippen LogP contribution < -0.4 is 4.74 Å². The Bertz CT molecular complexity index is 763. The van der Waals surface area contributed by atoms with E-state index in [1.807, 2.05) is 12.4 Å². The Labute approximate surface area is 209 Å². The largest absolute Gasteiger partial charge is 0.494 e. The average molecular weight is 465 g/mol. The zero-order valence-corrected chi connectivity index (χ0v) is 21.9. The van der Waals surface area contributed by atoms with Crippen molar-refractivity contribution in [3.8, 4) is 17.1 Å². The maximum atomic E-state index is 6.03. The molecule has 188 valence electrons. The molecule has 0 unspecified atom stereocenters. The fraction of sp³-hybridized carbons (Fsp3) is 0.677. The van der Waals surface area contributed by atoms with Crippen molar-refractivity contribution in [2.45, 2.75) is 117 Å². The van der Waals surface area contributed by atoms with Crippen LogP contribution in [0.15, 0.2) is 36.7 Å². The van der Waals surface area contributed by atoms with Crippen LogP contribution in [0.1, 0.15) is 116 Å². The van der Waals surface area contributed by atoms with Gasteiger partial charge in [-0.3, -0.25) is 0 Å². The van der Waals surface area contributed by atoms with Crippen molar-refractivity contribution in [2.24, 2.45) is 11.8 Å². The molecular weight excluding hydrogens is 416 g/mol. The van der Waals surface area contributed by atoms with Crippen LogP contribution in [-0.4, -0.2) is 16.6 Å². The fourth-order valence-corrected chi connectivity index (χ4v) is 5.32. The van der Waals surface area contributed by atoms with Gasteiger partial charge < -0.3 is 4.74 Å². The van der Waals surface area contributed by atoms with Crippen LogP contribution in [0.5, 0.6) is 5.75 Å². The Hall–Kier alpha value is -1.90. The lowest BCUT2D eigenvalue weighted by Gasteiger charge is -2.28. The Balaban J connectivity index is 1.30. The van der Waals surface area contributed by atoms with Crippen LogP contribution in [0.3, 0.4) is 0 Å². The molecule has 1 heterocycles. The molecule has 1 fully saturated rings. The Morgan fingerprint density at radius 2 is 1.29 bits per heavy atom. The summed E-state index contributed by atoms with van der Waals surface area (Å²) in [4.78, 5) is 9.17. The minimum Gasteiger partial charge on any atom is -0.494 e. The van der Waals surface area contributed by atoms with Gasteiger partial charge in [0.05, 0.1) is 6.61 Å². The van der Waals surface area contributed by atoms with Gasteiger partial charge in [-0.05, 0) is 67.3 Å². The summed E-state index contributed by atoms with van der Waals surface area (Å²) < 4.78 is 6.03. The van der Waals surface area contributed by atoms with Crippen molar-refractivity contribution in [3.63, 3.8) is 0 Å². The monoisotopic (exact) mass is 464 g/mol. The number of hydrogen-bond acceptors (Lipinski definition) is 3. The standard InChI is InChI=1S/C31H48N2O/c1-3-5-7-9-12-26-15-17-27(18-16-26)14-11-23-34-30-21-19-29(20-22-30)31-32-24-28(25-33-31)13-10-8-6-4-2/h19-22,24-27H,3-18,23H2,1-2H3. The van der Waals surface area contributed by atoms with E-state index >= 15 is 0 Å². The molecule has 0 aliphatic heterocycles. The summed E-state index contributed by atoms with van der Waals surface area (Å²) in [6, 6.07) is 8.27. The van der Waals surface area contributed by atoms with Gasteiger partial charge in [0.1, 0.15) is 5.75 Å². The molecule has 1 aliphatic carbocycles. The summed E-state index contributed by atoms with van der Waals surface area (Å²) >= 11 is 0. The van der Waals surface area contributed by atoms with Gasteiger partial charge in [0.25, 0.3) is 0 Å². The second-order valence-corrected chi connectivity index (χ2v) is 10.5. The molecule has 34 heavy (non-hydrogen) atoms. The molecule has 3 heteroatoms. The van der Waals surface area contributed by atoms with Gasteiger partial charge in [0.15, 0.2) is 5.82 Å². The number of nitrogens with zero attached hydrogens (tertiary/aromatic N) is 2. The third kappa shape index (κ3) is 9.76. The van der Waals surface area contributed by atoms with Crippen molar-refractivity contribution in [1.29, 1.82) is 0 Å². The van der Waals surface area contributed by atoms with E-state index in [9.17, 15) is 0 Å². The third-order valence-corrected chi connectivity index (χ3v) is 7.59. The molecule has 1 saturated carbocycles. The van der Waals surface area contributed by atoms with E-state index in [-0.39, 0.29) is 0 Å². The Morgan fingerprint density at radius 1 is 0.706 bits per heavy atom. The molecule has 3 nitrogen and oxygen atoms in total. The van der Waals surface area contributed by atoms with Gasteiger partial charge in [0.2, 0.25) is 0 Å². The number of benzene rings is 1. The average Bonchev–Trinajstić information content (AvgIpc) is 2.89. The summed E-state index contributed by atoms with van der Waals surface area (Å²) in [6.07, 6.45) is 25.5. The molecule has 0 N–H and O–H groups in total. The first kappa shape index (κ1) is 26.7. The van der Waals surface area contributed by atoms with Gasteiger partial charge in [-0.15, -0.1) is 0 Å². The number of unbranched alkanes of at least 4 members (excludes halogenated alkanes) is 6. The van der Waals surface area contributed by atoms with E-state index in [4.69, 9.17) is 4.74 Å². The lowest BCUT2D eigenvalue weighted by Crippen LogP contribution is -2.15. The second kappa shape index (κ2) is 15.9. The van der Waals surface area contributed by atoms with Gasteiger partial charge in [0, 0.05) is 18.0 Å². The molecule has 0 bridgehead atoms. The smallest absolute Gasteiger partial charge is 0.159 e. The summed E-state index contributed by atoms with van der Waals surface area (Å²) in [5, 5.41) is 0. The van der Waals surface area contributed by atoms with E-state index in [1.165, 1.54) is 95.5 Å². The molecule has 1 aromatic carbocycles. The highest BCUT2D eigenvalue weighted by Crippen LogP contribution is 2.34. The van der Waals surface area contributed by atoms with E-state index in [0.717, 1.165) is 48.4 Å². The van der Waals surface area contributed by atoms with Crippen LogP contribution in [0.2, 0.25) is 0 Å². The van der Waals surface area contributed by atoms with E-state index in [1.54, 1.807) is 0 Å². The Morgan fingerprint density at radius 3 is 1.91 bits per heavy atom. The number of aryl methyl sites for hydroxylation is 1. The number of rotatable bonds is 16. The highest BCUT2D eigenvalue weighted by atomic mass is 16.5. The van der Waals surface area contributed by atoms with E-state index < -0.39 is 0 Å². The fourth-order valence-electron chi connectivity index (χ4n) is 5.32. The zero-order chi connectivity index (χ0) is 23.8. The molecular formula is C31H48N2O. The van der Waals surface area contributed by atoms with Crippen LogP contribution in [0, 0.1) is 11.8 Å². The summed E-state index contributed by atoms with van der Waals surface area (Å²) in [7, 11) is 0. The number of aromatic nitrogens is 2. The minimum absolute atomic E-state index is 0.796. The van der Waals surface area contributed by atoms with Crippen molar-refractivity contribution in [1.82, 2.24) is 9.97 Å². The zero-order valence-electron chi connectivity index (χ0n) is 21.9. The highest BCUT2D eigenvalue weighted by Gasteiger charge is 2.20. The molecule has 0 radical (unpaired) electrons. The molecule has 0 spiro atoms. The van der Waals surface area contributed by atoms with Crippen molar-refractivity contribution >= 4 is 0 Å². The van der Waals surface area contributed by atoms with Crippen molar-refractivity contribution in [2.75, 3.05) is 6.61 Å². The summed E-state index contributed by atoms with van der Waals surface area (Å²) in [5.41, 5.74) is 2.29. The molecule has 0 atom stereocenters. The van der Waals surface area contributed by atoms with Crippen LogP contribution in [-0.2, 0) is 6.42 Å². The topological polar surface area (TPSA) is 35.0 Å². The normalized spacial score (nSPS) is 18.2. The third-order valence-electron chi connectivity index (χ3n) is 7.59. The predicted octanol–water partition coefficient (Wildman–Crippen LogP) is 9.20. The van der Waals surface area contributed by atoms with Gasteiger partial charge >= 0.3 is 0 Å². The number of ether oxygens (including phenoxy) is 1. The lowest BCUT2D eigenvalue weighted by molar-refractivity contribution is 0.228.